The molecule has 6 nitrogen and oxygen atoms in total. The predicted molar refractivity (Wildman–Crippen MR) is 76.7 cm³/mol. The van der Waals surface area contributed by atoms with Crippen molar-refractivity contribution in [2.24, 2.45) is 0 Å². The minimum absolute atomic E-state index is 0.0168. The molecule has 2 aromatic heterocycles. The number of anilines is 2. The van der Waals surface area contributed by atoms with Crippen molar-refractivity contribution in [1.82, 2.24) is 4.98 Å². The van der Waals surface area contributed by atoms with Crippen molar-refractivity contribution >= 4 is 28.7 Å². The fourth-order valence-electron chi connectivity index (χ4n) is 1.59. The van der Waals surface area contributed by atoms with E-state index in [0.717, 1.165) is 12.1 Å². The van der Waals surface area contributed by atoms with Crippen LogP contribution in [0.2, 0.25) is 0 Å². The third kappa shape index (κ3) is 3.41. The summed E-state index contributed by atoms with van der Waals surface area (Å²) in [7, 11) is 0. The van der Waals surface area contributed by atoms with E-state index in [-0.39, 0.29) is 11.5 Å². The molecule has 7 heteroatoms. The van der Waals surface area contributed by atoms with E-state index in [1.807, 2.05) is 23.8 Å². The van der Waals surface area contributed by atoms with Crippen LogP contribution in [-0.2, 0) is 6.54 Å². The Kier molecular flexibility index (Phi) is 4.30. The smallest absolute Gasteiger partial charge is 0.311 e. The van der Waals surface area contributed by atoms with Gasteiger partial charge in [-0.1, -0.05) is 0 Å². The zero-order chi connectivity index (χ0) is 13.7. The Labute approximate surface area is 114 Å². The summed E-state index contributed by atoms with van der Waals surface area (Å²) >= 11 is 1.59. The number of pyridine rings is 1. The summed E-state index contributed by atoms with van der Waals surface area (Å²) in [6, 6.07) is 5.04. The van der Waals surface area contributed by atoms with Crippen molar-refractivity contribution in [1.29, 1.82) is 0 Å². The topological polar surface area (TPSA) is 80.1 Å². The van der Waals surface area contributed by atoms with Crippen LogP contribution in [0.25, 0.3) is 0 Å². The van der Waals surface area contributed by atoms with Gasteiger partial charge < -0.3 is 10.6 Å². The van der Waals surface area contributed by atoms with Crippen molar-refractivity contribution in [2.45, 2.75) is 13.5 Å². The van der Waals surface area contributed by atoms with E-state index < -0.39 is 4.92 Å². The van der Waals surface area contributed by atoms with Gasteiger partial charge in [0, 0.05) is 19.2 Å². The number of nitro groups is 1. The van der Waals surface area contributed by atoms with Crippen LogP contribution >= 0.6 is 11.3 Å². The SMILES string of the molecule is CCNc1ccc([N+](=O)[O-])c(NCc2ccsc2)n1. The first-order valence-corrected chi connectivity index (χ1v) is 6.79. The Morgan fingerprint density at radius 3 is 2.84 bits per heavy atom. The molecule has 0 bridgehead atoms. The predicted octanol–water partition coefficient (Wildman–Crippen LogP) is 3.10. The monoisotopic (exact) mass is 278 g/mol. The van der Waals surface area contributed by atoms with Crippen LogP contribution in [-0.4, -0.2) is 16.5 Å². The third-order valence-electron chi connectivity index (χ3n) is 2.47. The number of thiophene rings is 1. The maximum absolute atomic E-state index is 11.0. The summed E-state index contributed by atoms with van der Waals surface area (Å²) in [5.41, 5.74) is 1.06. The summed E-state index contributed by atoms with van der Waals surface area (Å²) in [6.45, 7) is 3.18. The summed E-state index contributed by atoms with van der Waals surface area (Å²) < 4.78 is 0. The summed E-state index contributed by atoms with van der Waals surface area (Å²) in [6.07, 6.45) is 0. The Morgan fingerprint density at radius 2 is 2.21 bits per heavy atom. The molecule has 0 aliphatic rings. The first-order valence-electron chi connectivity index (χ1n) is 5.85. The van der Waals surface area contributed by atoms with Crippen LogP contribution < -0.4 is 10.6 Å². The maximum atomic E-state index is 11.0. The lowest BCUT2D eigenvalue weighted by molar-refractivity contribution is -0.384. The molecule has 19 heavy (non-hydrogen) atoms. The third-order valence-corrected chi connectivity index (χ3v) is 3.20. The van der Waals surface area contributed by atoms with Gasteiger partial charge in [0.25, 0.3) is 0 Å². The van der Waals surface area contributed by atoms with Gasteiger partial charge in [0.15, 0.2) is 0 Å². The fraction of sp³-hybridized carbons (Fsp3) is 0.250. The average molecular weight is 278 g/mol. The molecule has 2 aromatic rings. The molecular weight excluding hydrogens is 264 g/mol. The molecule has 0 radical (unpaired) electrons. The number of rotatable bonds is 6. The van der Waals surface area contributed by atoms with Crippen molar-refractivity contribution in [2.75, 3.05) is 17.2 Å². The summed E-state index contributed by atoms with van der Waals surface area (Å²) in [5, 5.41) is 21.0. The van der Waals surface area contributed by atoms with E-state index in [0.29, 0.717) is 12.4 Å². The molecule has 0 amide bonds. The van der Waals surface area contributed by atoms with E-state index in [4.69, 9.17) is 0 Å². The molecule has 0 aliphatic heterocycles. The zero-order valence-corrected chi connectivity index (χ0v) is 11.2. The Morgan fingerprint density at radius 1 is 1.37 bits per heavy atom. The Bertz CT molecular complexity index is 557. The van der Waals surface area contributed by atoms with Gasteiger partial charge in [0.05, 0.1) is 4.92 Å². The van der Waals surface area contributed by atoms with E-state index >= 15 is 0 Å². The molecular formula is C12H14N4O2S. The quantitative estimate of drug-likeness (QED) is 0.627. The van der Waals surface area contributed by atoms with Crippen molar-refractivity contribution < 1.29 is 4.92 Å². The van der Waals surface area contributed by atoms with Crippen LogP contribution in [0.15, 0.2) is 29.0 Å². The van der Waals surface area contributed by atoms with Crippen LogP contribution in [0.1, 0.15) is 12.5 Å². The van der Waals surface area contributed by atoms with Gasteiger partial charge in [-0.15, -0.1) is 0 Å². The highest BCUT2D eigenvalue weighted by Gasteiger charge is 2.15. The maximum Gasteiger partial charge on any atom is 0.311 e. The molecule has 2 N–H and O–H groups in total. The second-order valence-corrected chi connectivity index (χ2v) is 4.62. The Hall–Kier alpha value is -2.15. The summed E-state index contributed by atoms with van der Waals surface area (Å²) in [4.78, 5) is 14.8. The Balaban J connectivity index is 2.19. The van der Waals surface area contributed by atoms with Crippen molar-refractivity contribution in [3.8, 4) is 0 Å². The molecule has 100 valence electrons. The molecule has 0 spiro atoms. The highest BCUT2D eigenvalue weighted by Crippen LogP contribution is 2.24. The largest absolute Gasteiger partial charge is 0.370 e. The molecule has 0 saturated carbocycles. The van der Waals surface area contributed by atoms with Gasteiger partial charge in [-0.25, -0.2) is 4.98 Å². The van der Waals surface area contributed by atoms with Gasteiger partial charge in [-0.05, 0) is 35.4 Å². The van der Waals surface area contributed by atoms with Crippen LogP contribution in [0.5, 0.6) is 0 Å². The summed E-state index contributed by atoms with van der Waals surface area (Å²) in [5.74, 6) is 0.913. The van der Waals surface area contributed by atoms with E-state index in [9.17, 15) is 10.1 Å². The first kappa shape index (κ1) is 13.3. The van der Waals surface area contributed by atoms with Gasteiger partial charge in [0.2, 0.25) is 5.82 Å². The molecule has 0 aromatic carbocycles. The first-order chi connectivity index (χ1) is 9.20. The van der Waals surface area contributed by atoms with E-state index in [1.165, 1.54) is 6.07 Å². The van der Waals surface area contributed by atoms with Gasteiger partial charge in [-0.3, -0.25) is 10.1 Å². The lowest BCUT2D eigenvalue weighted by Gasteiger charge is -2.08. The van der Waals surface area contributed by atoms with Crippen LogP contribution in [0, 0.1) is 10.1 Å². The fourth-order valence-corrected chi connectivity index (χ4v) is 2.26. The average Bonchev–Trinajstić information content (AvgIpc) is 2.89. The second kappa shape index (κ2) is 6.14. The van der Waals surface area contributed by atoms with Crippen molar-refractivity contribution in [3.05, 3.63) is 44.6 Å². The van der Waals surface area contributed by atoms with E-state index in [1.54, 1.807) is 17.4 Å². The van der Waals surface area contributed by atoms with E-state index in [2.05, 4.69) is 15.6 Å². The van der Waals surface area contributed by atoms with Gasteiger partial charge >= 0.3 is 5.69 Å². The van der Waals surface area contributed by atoms with Gasteiger partial charge in [-0.2, -0.15) is 11.3 Å². The number of nitrogens with one attached hydrogen (secondary N) is 2. The number of aromatic nitrogens is 1. The number of hydrogen-bond donors (Lipinski definition) is 2. The zero-order valence-electron chi connectivity index (χ0n) is 10.4. The lowest BCUT2D eigenvalue weighted by atomic mass is 10.3. The minimum Gasteiger partial charge on any atom is -0.370 e. The molecule has 0 saturated heterocycles. The second-order valence-electron chi connectivity index (χ2n) is 3.84. The van der Waals surface area contributed by atoms with Crippen LogP contribution in [0.3, 0.4) is 0 Å². The highest BCUT2D eigenvalue weighted by molar-refractivity contribution is 7.07. The molecule has 0 fully saturated rings. The molecule has 2 heterocycles. The van der Waals surface area contributed by atoms with Gasteiger partial charge in [0.1, 0.15) is 5.82 Å². The lowest BCUT2D eigenvalue weighted by Crippen LogP contribution is -2.07. The molecule has 2 rings (SSSR count). The normalized spacial score (nSPS) is 10.2. The molecule has 0 atom stereocenters. The number of hydrogen-bond acceptors (Lipinski definition) is 6. The van der Waals surface area contributed by atoms with Crippen molar-refractivity contribution in [3.63, 3.8) is 0 Å². The number of nitrogens with zero attached hydrogens (tertiary/aromatic N) is 2. The molecule has 0 unspecified atom stereocenters. The highest BCUT2D eigenvalue weighted by atomic mass is 32.1. The minimum atomic E-state index is -0.432. The standard InChI is InChI=1S/C12H14N4O2S/c1-2-13-11-4-3-10(16(17)18)12(15-11)14-7-9-5-6-19-8-9/h3-6,8H,2,7H2,1H3,(H2,13,14,15). The molecule has 0 aliphatic carbocycles. The van der Waals surface area contributed by atoms with Crippen LogP contribution in [0.4, 0.5) is 17.3 Å².